The highest BCUT2D eigenvalue weighted by Gasteiger charge is 2.24. The predicted octanol–water partition coefficient (Wildman–Crippen LogP) is 2.95. The second-order valence-corrected chi connectivity index (χ2v) is 5.70. The van der Waals surface area contributed by atoms with Crippen molar-refractivity contribution in [3.8, 4) is 0 Å². The molecule has 0 radical (unpaired) electrons. The molecule has 17 heavy (non-hydrogen) atoms. The number of anilines is 1. The van der Waals surface area contributed by atoms with Crippen molar-refractivity contribution in [1.29, 1.82) is 0 Å². The van der Waals surface area contributed by atoms with E-state index in [0.29, 0.717) is 11.3 Å². The van der Waals surface area contributed by atoms with E-state index in [1.807, 2.05) is 13.0 Å². The van der Waals surface area contributed by atoms with Crippen molar-refractivity contribution >= 4 is 27.5 Å². The third-order valence-electron chi connectivity index (χ3n) is 3.02. The Balaban J connectivity index is 2.00. The lowest BCUT2D eigenvalue weighted by Crippen LogP contribution is -2.33. The van der Waals surface area contributed by atoms with E-state index >= 15 is 0 Å². The van der Waals surface area contributed by atoms with E-state index in [1.165, 1.54) is 12.8 Å². The predicted molar refractivity (Wildman–Crippen MR) is 72.8 cm³/mol. The topological polar surface area (TPSA) is 55.1 Å². The number of carbonyl (C=O) groups is 1. The highest BCUT2D eigenvalue weighted by atomic mass is 79.9. The largest absolute Gasteiger partial charge is 0.398 e. The van der Waals surface area contributed by atoms with Crippen molar-refractivity contribution in [2.45, 2.75) is 32.2 Å². The molecule has 4 heteroatoms. The second-order valence-electron chi connectivity index (χ2n) is 4.79. The Kier molecular flexibility index (Phi) is 3.72. The summed E-state index contributed by atoms with van der Waals surface area (Å²) in [6.45, 7) is 2.05. The lowest BCUT2D eigenvalue weighted by atomic mass is 10.1. The molecule has 0 aromatic heterocycles. The standard InChI is InChI=1S/C13H17BrN2O/c1-8(6-9-2-3-9)16-13(17)11-7-10(14)4-5-12(11)15/h4-5,7-9H,2-3,6,15H2,1H3,(H,16,17). The van der Waals surface area contributed by atoms with Gasteiger partial charge in [-0.1, -0.05) is 28.8 Å². The van der Waals surface area contributed by atoms with E-state index in [-0.39, 0.29) is 11.9 Å². The van der Waals surface area contributed by atoms with E-state index in [9.17, 15) is 4.79 Å². The molecule has 0 spiro atoms. The first-order valence-electron chi connectivity index (χ1n) is 5.92. The van der Waals surface area contributed by atoms with Crippen LogP contribution in [-0.2, 0) is 0 Å². The summed E-state index contributed by atoms with van der Waals surface area (Å²) in [5, 5.41) is 3.00. The van der Waals surface area contributed by atoms with Crippen LogP contribution in [0.3, 0.4) is 0 Å². The van der Waals surface area contributed by atoms with Gasteiger partial charge in [0.25, 0.3) is 5.91 Å². The van der Waals surface area contributed by atoms with Gasteiger partial charge in [0.15, 0.2) is 0 Å². The van der Waals surface area contributed by atoms with Crippen LogP contribution in [0.25, 0.3) is 0 Å². The maximum absolute atomic E-state index is 12.0. The zero-order valence-electron chi connectivity index (χ0n) is 9.87. The number of hydrogen-bond acceptors (Lipinski definition) is 2. The van der Waals surface area contributed by atoms with Crippen LogP contribution in [0.2, 0.25) is 0 Å². The van der Waals surface area contributed by atoms with Gasteiger partial charge in [-0.15, -0.1) is 0 Å². The van der Waals surface area contributed by atoms with Gasteiger partial charge in [-0.3, -0.25) is 4.79 Å². The monoisotopic (exact) mass is 296 g/mol. The van der Waals surface area contributed by atoms with Crippen LogP contribution in [-0.4, -0.2) is 11.9 Å². The molecule has 1 aromatic carbocycles. The van der Waals surface area contributed by atoms with Crippen molar-refractivity contribution in [2.24, 2.45) is 5.92 Å². The maximum atomic E-state index is 12.0. The first-order valence-corrected chi connectivity index (χ1v) is 6.71. The summed E-state index contributed by atoms with van der Waals surface area (Å²) < 4.78 is 0.867. The summed E-state index contributed by atoms with van der Waals surface area (Å²) in [5.41, 5.74) is 6.86. The lowest BCUT2D eigenvalue weighted by Gasteiger charge is -2.14. The number of carbonyl (C=O) groups excluding carboxylic acids is 1. The van der Waals surface area contributed by atoms with Crippen LogP contribution in [0.15, 0.2) is 22.7 Å². The molecular weight excluding hydrogens is 280 g/mol. The molecule has 1 atom stereocenters. The Labute approximate surface area is 110 Å². The van der Waals surface area contributed by atoms with Crippen molar-refractivity contribution in [3.05, 3.63) is 28.2 Å². The smallest absolute Gasteiger partial charge is 0.253 e. The quantitative estimate of drug-likeness (QED) is 0.840. The van der Waals surface area contributed by atoms with E-state index in [4.69, 9.17) is 5.73 Å². The minimum absolute atomic E-state index is 0.0862. The number of nitrogen functional groups attached to an aromatic ring is 1. The molecule has 0 aliphatic heterocycles. The Morgan fingerprint density at radius 1 is 1.59 bits per heavy atom. The van der Waals surface area contributed by atoms with Gasteiger partial charge in [0.1, 0.15) is 0 Å². The molecule has 0 bridgehead atoms. The number of amides is 1. The van der Waals surface area contributed by atoms with E-state index in [2.05, 4.69) is 21.2 Å². The molecule has 1 aliphatic carbocycles. The highest BCUT2D eigenvalue weighted by Crippen LogP contribution is 2.33. The highest BCUT2D eigenvalue weighted by molar-refractivity contribution is 9.10. The molecule has 2 rings (SSSR count). The number of benzene rings is 1. The third-order valence-corrected chi connectivity index (χ3v) is 3.51. The molecule has 1 amide bonds. The van der Waals surface area contributed by atoms with Crippen LogP contribution in [0.5, 0.6) is 0 Å². The number of halogens is 1. The summed E-state index contributed by atoms with van der Waals surface area (Å²) in [6.07, 6.45) is 3.68. The van der Waals surface area contributed by atoms with Crippen LogP contribution in [0, 0.1) is 5.92 Å². The van der Waals surface area contributed by atoms with Crippen LogP contribution < -0.4 is 11.1 Å². The molecule has 1 fully saturated rings. The zero-order chi connectivity index (χ0) is 12.4. The summed E-state index contributed by atoms with van der Waals surface area (Å²) in [4.78, 5) is 12.0. The summed E-state index contributed by atoms with van der Waals surface area (Å²) in [6, 6.07) is 5.55. The van der Waals surface area contributed by atoms with Crippen molar-refractivity contribution in [2.75, 3.05) is 5.73 Å². The van der Waals surface area contributed by atoms with Crippen LogP contribution in [0.4, 0.5) is 5.69 Å². The van der Waals surface area contributed by atoms with Gasteiger partial charge >= 0.3 is 0 Å². The number of hydrogen-bond donors (Lipinski definition) is 2. The van der Waals surface area contributed by atoms with Crippen LogP contribution >= 0.6 is 15.9 Å². The van der Waals surface area contributed by atoms with Gasteiger partial charge < -0.3 is 11.1 Å². The minimum Gasteiger partial charge on any atom is -0.398 e. The Morgan fingerprint density at radius 3 is 2.94 bits per heavy atom. The molecule has 0 heterocycles. The van der Waals surface area contributed by atoms with Gasteiger partial charge in [0, 0.05) is 16.2 Å². The van der Waals surface area contributed by atoms with Gasteiger partial charge in [-0.2, -0.15) is 0 Å². The Hall–Kier alpha value is -1.03. The van der Waals surface area contributed by atoms with E-state index < -0.39 is 0 Å². The minimum atomic E-state index is -0.0862. The number of nitrogens with two attached hydrogens (primary N) is 1. The van der Waals surface area contributed by atoms with Gasteiger partial charge in [-0.05, 0) is 37.5 Å². The number of rotatable bonds is 4. The zero-order valence-corrected chi connectivity index (χ0v) is 11.5. The van der Waals surface area contributed by atoms with Gasteiger partial charge in [0.05, 0.1) is 5.56 Å². The molecular formula is C13H17BrN2O. The first kappa shape index (κ1) is 12.4. The SMILES string of the molecule is CC(CC1CC1)NC(=O)c1cc(Br)ccc1N. The molecule has 3 nitrogen and oxygen atoms in total. The van der Waals surface area contributed by atoms with Crippen molar-refractivity contribution < 1.29 is 4.79 Å². The second kappa shape index (κ2) is 5.08. The molecule has 1 aliphatic rings. The fourth-order valence-electron chi connectivity index (χ4n) is 1.94. The molecule has 1 saturated carbocycles. The first-order chi connectivity index (χ1) is 8.06. The van der Waals surface area contributed by atoms with Crippen LogP contribution in [0.1, 0.15) is 36.5 Å². The molecule has 3 N–H and O–H groups in total. The molecule has 1 aromatic rings. The van der Waals surface area contributed by atoms with Crippen molar-refractivity contribution in [1.82, 2.24) is 5.32 Å². The lowest BCUT2D eigenvalue weighted by molar-refractivity contribution is 0.0938. The van der Waals surface area contributed by atoms with Crippen molar-refractivity contribution in [3.63, 3.8) is 0 Å². The summed E-state index contributed by atoms with van der Waals surface area (Å²) in [5.74, 6) is 0.724. The summed E-state index contributed by atoms with van der Waals surface area (Å²) in [7, 11) is 0. The van der Waals surface area contributed by atoms with Gasteiger partial charge in [-0.25, -0.2) is 0 Å². The fraction of sp³-hybridized carbons (Fsp3) is 0.462. The average molecular weight is 297 g/mol. The van der Waals surface area contributed by atoms with Gasteiger partial charge in [0.2, 0.25) is 0 Å². The fourth-order valence-corrected chi connectivity index (χ4v) is 2.30. The third kappa shape index (κ3) is 3.46. The Morgan fingerprint density at radius 2 is 2.29 bits per heavy atom. The molecule has 92 valence electrons. The maximum Gasteiger partial charge on any atom is 0.253 e. The van der Waals surface area contributed by atoms with E-state index in [0.717, 1.165) is 16.8 Å². The number of nitrogens with one attached hydrogen (secondary N) is 1. The Bertz CT molecular complexity index is 429. The molecule has 0 saturated heterocycles. The van der Waals surface area contributed by atoms with E-state index in [1.54, 1.807) is 12.1 Å². The summed E-state index contributed by atoms with van der Waals surface area (Å²) >= 11 is 3.35. The normalized spacial score (nSPS) is 16.6. The average Bonchev–Trinajstić information content (AvgIpc) is 3.05. The molecule has 1 unspecified atom stereocenters.